The van der Waals surface area contributed by atoms with Crippen LogP contribution in [0.15, 0.2) is 60.7 Å². The van der Waals surface area contributed by atoms with Crippen LogP contribution in [0.2, 0.25) is 0 Å². The minimum atomic E-state index is 0.0305. The fraction of sp³-hybridized carbons (Fsp3) is 0.381. The molecule has 0 aromatic heterocycles. The molecule has 0 N–H and O–H groups in total. The lowest BCUT2D eigenvalue weighted by Gasteiger charge is -2.24. The molecule has 2 aromatic carbocycles. The van der Waals surface area contributed by atoms with Crippen LogP contribution in [0.3, 0.4) is 0 Å². The molecule has 2 aromatic rings. The zero-order valence-electron chi connectivity index (χ0n) is 13.4. The Bertz CT molecular complexity index is 661. The van der Waals surface area contributed by atoms with Gasteiger partial charge in [-0.05, 0) is 18.4 Å². The molecule has 2 heteroatoms. The van der Waals surface area contributed by atoms with Gasteiger partial charge in [-0.3, -0.25) is 9.69 Å². The van der Waals surface area contributed by atoms with E-state index in [1.165, 1.54) is 37.7 Å². The molecule has 1 aliphatic heterocycles. The SMILES string of the molecule is O=C(c1ccccc1)C1C(c2ccccc2)N1C1CCCCC1. The maximum atomic E-state index is 13.0. The third kappa shape index (κ3) is 2.84. The van der Waals surface area contributed by atoms with E-state index < -0.39 is 0 Å². The number of carbonyl (C=O) groups is 1. The second-order valence-corrected chi connectivity index (χ2v) is 6.77. The van der Waals surface area contributed by atoms with Crippen molar-refractivity contribution in [1.82, 2.24) is 4.90 Å². The van der Waals surface area contributed by atoms with E-state index in [2.05, 4.69) is 29.2 Å². The number of carbonyl (C=O) groups excluding carboxylic acids is 1. The maximum absolute atomic E-state index is 13.0. The molecule has 0 spiro atoms. The zero-order chi connectivity index (χ0) is 15.6. The summed E-state index contributed by atoms with van der Waals surface area (Å²) < 4.78 is 0. The topological polar surface area (TPSA) is 20.1 Å². The number of nitrogens with zero attached hydrogens (tertiary/aromatic N) is 1. The molecular weight excluding hydrogens is 282 g/mol. The number of hydrogen-bond donors (Lipinski definition) is 0. The van der Waals surface area contributed by atoms with Gasteiger partial charge in [-0.15, -0.1) is 0 Å². The minimum absolute atomic E-state index is 0.0305. The first-order chi connectivity index (χ1) is 11.4. The summed E-state index contributed by atoms with van der Waals surface area (Å²) in [7, 11) is 0. The second kappa shape index (κ2) is 6.29. The summed E-state index contributed by atoms with van der Waals surface area (Å²) in [6, 6.07) is 21.2. The molecule has 4 rings (SSSR count). The van der Waals surface area contributed by atoms with Gasteiger partial charge in [0.1, 0.15) is 0 Å². The van der Waals surface area contributed by atoms with Crippen molar-refractivity contribution < 1.29 is 4.79 Å². The first kappa shape index (κ1) is 14.6. The Balaban J connectivity index is 1.61. The summed E-state index contributed by atoms with van der Waals surface area (Å²) in [5.41, 5.74) is 2.13. The average Bonchev–Trinajstić information content (AvgIpc) is 3.39. The van der Waals surface area contributed by atoms with Crippen LogP contribution in [0.5, 0.6) is 0 Å². The van der Waals surface area contributed by atoms with Crippen LogP contribution in [0.4, 0.5) is 0 Å². The van der Waals surface area contributed by atoms with Gasteiger partial charge < -0.3 is 0 Å². The molecule has 0 bridgehead atoms. The van der Waals surface area contributed by atoms with E-state index >= 15 is 0 Å². The van der Waals surface area contributed by atoms with Gasteiger partial charge in [0.05, 0.1) is 12.1 Å². The lowest BCUT2D eigenvalue weighted by molar-refractivity contribution is 0.0963. The van der Waals surface area contributed by atoms with Crippen LogP contribution in [0.25, 0.3) is 0 Å². The normalized spacial score (nSPS) is 27.6. The number of ketones is 1. The molecule has 3 unspecified atom stereocenters. The molecule has 2 nitrogen and oxygen atoms in total. The van der Waals surface area contributed by atoms with Crippen molar-refractivity contribution in [3.05, 3.63) is 71.8 Å². The Morgan fingerprint density at radius 3 is 2.09 bits per heavy atom. The van der Waals surface area contributed by atoms with Crippen molar-refractivity contribution in [3.63, 3.8) is 0 Å². The largest absolute Gasteiger partial charge is 0.292 e. The molecule has 23 heavy (non-hydrogen) atoms. The number of rotatable bonds is 4. The van der Waals surface area contributed by atoms with Gasteiger partial charge in [-0.2, -0.15) is 0 Å². The molecule has 1 saturated heterocycles. The van der Waals surface area contributed by atoms with E-state index in [0.29, 0.717) is 6.04 Å². The molecule has 0 amide bonds. The Morgan fingerprint density at radius 1 is 0.826 bits per heavy atom. The minimum Gasteiger partial charge on any atom is -0.292 e. The monoisotopic (exact) mass is 305 g/mol. The number of benzene rings is 2. The van der Waals surface area contributed by atoms with Crippen molar-refractivity contribution in [2.24, 2.45) is 0 Å². The predicted molar refractivity (Wildman–Crippen MR) is 92.5 cm³/mol. The van der Waals surface area contributed by atoms with E-state index in [1.807, 2.05) is 36.4 Å². The smallest absolute Gasteiger partial charge is 0.181 e. The van der Waals surface area contributed by atoms with Crippen molar-refractivity contribution in [2.75, 3.05) is 0 Å². The summed E-state index contributed by atoms with van der Waals surface area (Å²) in [6.45, 7) is 0. The fourth-order valence-corrected chi connectivity index (χ4v) is 4.14. The third-order valence-corrected chi connectivity index (χ3v) is 5.32. The number of hydrogen-bond acceptors (Lipinski definition) is 2. The average molecular weight is 305 g/mol. The van der Waals surface area contributed by atoms with Crippen molar-refractivity contribution in [2.45, 2.75) is 50.2 Å². The van der Waals surface area contributed by atoms with Gasteiger partial charge in [0.15, 0.2) is 5.78 Å². The van der Waals surface area contributed by atoms with Crippen LogP contribution in [0, 0.1) is 0 Å². The highest BCUT2D eigenvalue weighted by molar-refractivity contribution is 6.02. The summed E-state index contributed by atoms with van der Waals surface area (Å²) in [6.07, 6.45) is 6.42. The van der Waals surface area contributed by atoms with Crippen molar-refractivity contribution in [3.8, 4) is 0 Å². The van der Waals surface area contributed by atoms with Crippen LogP contribution in [0.1, 0.15) is 54.1 Å². The Kier molecular flexibility index (Phi) is 4.00. The van der Waals surface area contributed by atoms with Gasteiger partial charge in [0.25, 0.3) is 0 Å². The molecule has 2 fully saturated rings. The van der Waals surface area contributed by atoms with Gasteiger partial charge in [-0.1, -0.05) is 79.9 Å². The quantitative estimate of drug-likeness (QED) is 0.606. The van der Waals surface area contributed by atoms with Gasteiger partial charge in [0.2, 0.25) is 0 Å². The van der Waals surface area contributed by atoms with E-state index in [-0.39, 0.29) is 17.9 Å². The van der Waals surface area contributed by atoms with Gasteiger partial charge >= 0.3 is 0 Å². The number of Topliss-reactive ketones (excluding diaryl/α,β-unsaturated/α-hetero) is 1. The summed E-state index contributed by atoms with van der Waals surface area (Å²) in [5.74, 6) is 0.282. The lowest BCUT2D eigenvalue weighted by atomic mass is 9.95. The van der Waals surface area contributed by atoms with Crippen LogP contribution >= 0.6 is 0 Å². The van der Waals surface area contributed by atoms with Crippen LogP contribution in [-0.4, -0.2) is 22.8 Å². The molecule has 2 aliphatic rings. The first-order valence-corrected chi connectivity index (χ1v) is 8.78. The van der Waals surface area contributed by atoms with E-state index in [4.69, 9.17) is 0 Å². The van der Waals surface area contributed by atoms with E-state index in [9.17, 15) is 4.79 Å². The first-order valence-electron chi connectivity index (χ1n) is 8.78. The molecule has 0 radical (unpaired) electrons. The highest BCUT2D eigenvalue weighted by Crippen LogP contribution is 2.49. The predicted octanol–water partition coefficient (Wildman–Crippen LogP) is 4.63. The van der Waals surface area contributed by atoms with Crippen molar-refractivity contribution >= 4 is 5.78 Å². The van der Waals surface area contributed by atoms with Crippen LogP contribution in [-0.2, 0) is 0 Å². The molecular formula is C21H23NO. The highest BCUT2D eigenvalue weighted by atomic mass is 16.1. The van der Waals surface area contributed by atoms with E-state index in [1.54, 1.807) is 0 Å². The summed E-state index contributed by atoms with van der Waals surface area (Å²) in [5, 5.41) is 0. The Morgan fingerprint density at radius 2 is 1.43 bits per heavy atom. The molecule has 3 atom stereocenters. The summed E-state index contributed by atoms with van der Waals surface area (Å²) in [4.78, 5) is 15.5. The van der Waals surface area contributed by atoms with Gasteiger partial charge in [0, 0.05) is 11.6 Å². The lowest BCUT2D eigenvalue weighted by Crippen LogP contribution is -2.26. The Labute approximate surface area is 138 Å². The van der Waals surface area contributed by atoms with Crippen molar-refractivity contribution in [1.29, 1.82) is 0 Å². The van der Waals surface area contributed by atoms with Gasteiger partial charge in [-0.25, -0.2) is 0 Å². The Hall–Kier alpha value is -1.93. The summed E-state index contributed by atoms with van der Waals surface area (Å²) >= 11 is 0. The molecule has 1 aliphatic carbocycles. The van der Waals surface area contributed by atoms with E-state index in [0.717, 1.165) is 5.56 Å². The standard InChI is InChI=1S/C21H23NO/c23-21(17-12-6-2-7-13-17)20-19(16-10-4-1-5-11-16)22(20)18-14-8-3-9-15-18/h1-2,4-7,10-13,18-20H,3,8-9,14-15H2. The highest BCUT2D eigenvalue weighted by Gasteiger charge is 2.55. The maximum Gasteiger partial charge on any atom is 0.181 e. The molecule has 1 heterocycles. The molecule has 118 valence electrons. The second-order valence-electron chi connectivity index (χ2n) is 6.77. The van der Waals surface area contributed by atoms with Crippen LogP contribution < -0.4 is 0 Å². The molecule has 1 saturated carbocycles. The zero-order valence-corrected chi connectivity index (χ0v) is 13.4. The fourth-order valence-electron chi connectivity index (χ4n) is 4.14. The third-order valence-electron chi connectivity index (χ3n) is 5.32.